The summed E-state index contributed by atoms with van der Waals surface area (Å²) in [5, 5.41) is 25.5. The second kappa shape index (κ2) is 7.88. The zero-order valence-electron chi connectivity index (χ0n) is 14.6. The van der Waals surface area contributed by atoms with Gasteiger partial charge in [-0.15, -0.1) is 0 Å². The Hall–Kier alpha value is -4.39. The number of benzene rings is 2. The molecule has 0 unspecified atom stereocenters. The molecule has 0 atom stereocenters. The molecule has 0 spiro atoms. The van der Waals surface area contributed by atoms with Crippen molar-refractivity contribution in [3.8, 4) is 11.8 Å². The van der Waals surface area contributed by atoms with Gasteiger partial charge in [0, 0.05) is 18.0 Å². The van der Waals surface area contributed by atoms with Gasteiger partial charge in [0.1, 0.15) is 17.4 Å². The van der Waals surface area contributed by atoms with Crippen LogP contribution in [0.1, 0.15) is 0 Å². The Labute approximate surface area is 158 Å². The van der Waals surface area contributed by atoms with Crippen molar-refractivity contribution in [2.75, 3.05) is 17.7 Å². The van der Waals surface area contributed by atoms with Crippen LogP contribution < -0.4 is 15.4 Å². The first-order valence-electron chi connectivity index (χ1n) is 7.95. The number of nitrogens with one attached hydrogen (secondary N) is 3. The molecule has 0 radical (unpaired) electrons. The number of methoxy groups -OCH3 is 1. The van der Waals surface area contributed by atoms with Gasteiger partial charge in [0.15, 0.2) is 0 Å². The summed E-state index contributed by atoms with van der Waals surface area (Å²) in [5.41, 5.74) is 2.09. The van der Waals surface area contributed by atoms with E-state index in [0.717, 1.165) is 11.0 Å². The normalized spacial score (nSPS) is 10.9. The summed E-state index contributed by atoms with van der Waals surface area (Å²) in [7, 11) is 1.32. The SMILES string of the molecule is COc1cc([N+](=O)[O-])ccc1NC(=O)/C(C#N)=C\Nc1ccc2nc[nH]c2c1. The first kappa shape index (κ1) is 18.4. The number of amides is 1. The van der Waals surface area contributed by atoms with Crippen LogP contribution in [0.3, 0.4) is 0 Å². The minimum absolute atomic E-state index is 0.109. The van der Waals surface area contributed by atoms with Crippen LogP contribution in [0.2, 0.25) is 0 Å². The number of imidazole rings is 1. The molecule has 10 nitrogen and oxygen atoms in total. The molecule has 140 valence electrons. The molecule has 1 aromatic heterocycles. The van der Waals surface area contributed by atoms with Gasteiger partial charge in [0.25, 0.3) is 11.6 Å². The third kappa shape index (κ3) is 3.88. The van der Waals surface area contributed by atoms with E-state index in [1.807, 2.05) is 6.07 Å². The predicted octanol–water partition coefficient (Wildman–Crippen LogP) is 2.94. The summed E-state index contributed by atoms with van der Waals surface area (Å²) in [6.45, 7) is 0. The number of hydrogen-bond acceptors (Lipinski definition) is 7. The number of hydrogen-bond donors (Lipinski definition) is 3. The molecule has 1 amide bonds. The number of anilines is 2. The Kier molecular flexibility index (Phi) is 5.18. The smallest absolute Gasteiger partial charge is 0.273 e. The number of nitrogens with zero attached hydrogens (tertiary/aromatic N) is 3. The fourth-order valence-electron chi connectivity index (χ4n) is 2.42. The van der Waals surface area contributed by atoms with E-state index < -0.39 is 10.8 Å². The van der Waals surface area contributed by atoms with Crippen LogP contribution in [0.25, 0.3) is 11.0 Å². The predicted molar refractivity (Wildman–Crippen MR) is 102 cm³/mol. The lowest BCUT2D eigenvalue weighted by Crippen LogP contribution is -2.15. The Morgan fingerprint density at radius 2 is 2.18 bits per heavy atom. The van der Waals surface area contributed by atoms with Gasteiger partial charge >= 0.3 is 0 Å². The summed E-state index contributed by atoms with van der Waals surface area (Å²) >= 11 is 0. The molecule has 1 heterocycles. The lowest BCUT2D eigenvalue weighted by atomic mass is 10.2. The van der Waals surface area contributed by atoms with Crippen molar-refractivity contribution in [2.24, 2.45) is 0 Å². The molecule has 0 aliphatic rings. The second-order valence-corrected chi connectivity index (χ2v) is 5.54. The van der Waals surface area contributed by atoms with Crippen molar-refractivity contribution in [1.82, 2.24) is 9.97 Å². The van der Waals surface area contributed by atoms with E-state index >= 15 is 0 Å². The maximum atomic E-state index is 12.4. The zero-order chi connectivity index (χ0) is 20.1. The van der Waals surface area contributed by atoms with E-state index in [9.17, 15) is 20.2 Å². The quantitative estimate of drug-likeness (QED) is 0.259. The van der Waals surface area contributed by atoms with E-state index in [0.29, 0.717) is 5.69 Å². The van der Waals surface area contributed by atoms with Crippen LogP contribution in [0.4, 0.5) is 17.1 Å². The average molecular weight is 378 g/mol. The largest absolute Gasteiger partial charge is 0.494 e. The molecule has 3 N–H and O–H groups in total. The van der Waals surface area contributed by atoms with Gasteiger partial charge in [-0.25, -0.2) is 4.98 Å². The lowest BCUT2D eigenvalue weighted by Gasteiger charge is -2.09. The number of rotatable bonds is 6. The van der Waals surface area contributed by atoms with Gasteiger partial charge in [-0.3, -0.25) is 14.9 Å². The number of non-ortho nitro benzene ring substituents is 1. The maximum absolute atomic E-state index is 12.4. The molecule has 3 rings (SSSR count). The van der Waals surface area contributed by atoms with Crippen LogP contribution in [-0.4, -0.2) is 27.9 Å². The minimum Gasteiger partial charge on any atom is -0.494 e. The molecular formula is C18H14N6O4. The summed E-state index contributed by atoms with van der Waals surface area (Å²) in [4.78, 5) is 29.7. The van der Waals surface area contributed by atoms with Crippen LogP contribution >= 0.6 is 0 Å². The lowest BCUT2D eigenvalue weighted by molar-refractivity contribution is -0.384. The summed E-state index contributed by atoms with van der Waals surface area (Å²) in [5.74, 6) is -0.581. The van der Waals surface area contributed by atoms with E-state index in [2.05, 4.69) is 20.6 Å². The van der Waals surface area contributed by atoms with Crippen LogP contribution in [-0.2, 0) is 4.79 Å². The number of fused-ring (bicyclic) bond motifs is 1. The van der Waals surface area contributed by atoms with Crippen molar-refractivity contribution in [3.05, 3.63) is 64.6 Å². The topological polar surface area (TPSA) is 146 Å². The molecular weight excluding hydrogens is 364 g/mol. The third-order valence-electron chi connectivity index (χ3n) is 3.81. The highest BCUT2D eigenvalue weighted by Gasteiger charge is 2.15. The molecule has 0 saturated carbocycles. The monoisotopic (exact) mass is 378 g/mol. The number of nitro benzene ring substituents is 1. The van der Waals surface area contributed by atoms with Crippen LogP contribution in [0, 0.1) is 21.4 Å². The molecule has 3 aromatic rings. The van der Waals surface area contributed by atoms with Crippen molar-refractivity contribution < 1.29 is 14.5 Å². The van der Waals surface area contributed by atoms with Gasteiger partial charge in [-0.1, -0.05) is 0 Å². The Morgan fingerprint density at radius 3 is 2.89 bits per heavy atom. The summed E-state index contributed by atoms with van der Waals surface area (Å²) in [6, 6.07) is 10.9. The summed E-state index contributed by atoms with van der Waals surface area (Å²) < 4.78 is 5.07. The third-order valence-corrected chi connectivity index (χ3v) is 3.81. The number of nitriles is 1. The van der Waals surface area contributed by atoms with Gasteiger partial charge in [0.05, 0.1) is 41.1 Å². The molecule has 0 fully saturated rings. The molecule has 28 heavy (non-hydrogen) atoms. The number of aromatic amines is 1. The van der Waals surface area contributed by atoms with Gasteiger partial charge in [-0.05, 0) is 24.3 Å². The van der Waals surface area contributed by atoms with Gasteiger partial charge in [-0.2, -0.15) is 5.26 Å². The van der Waals surface area contributed by atoms with Crippen molar-refractivity contribution in [2.45, 2.75) is 0 Å². The van der Waals surface area contributed by atoms with Crippen molar-refractivity contribution >= 4 is 34.0 Å². The maximum Gasteiger partial charge on any atom is 0.273 e. The number of carbonyl (C=O) groups is 1. The number of carbonyl (C=O) groups excluding carboxylic acids is 1. The molecule has 0 aliphatic carbocycles. The molecule has 0 bridgehead atoms. The highest BCUT2D eigenvalue weighted by atomic mass is 16.6. The van der Waals surface area contributed by atoms with Crippen molar-refractivity contribution in [1.29, 1.82) is 5.26 Å². The minimum atomic E-state index is -0.690. The standard InChI is InChI=1S/C18H14N6O4/c1-28-17-7-13(24(26)27)3-5-15(17)23-18(25)11(8-19)9-20-12-2-4-14-16(6-12)22-10-21-14/h2-7,9-10,20H,1H3,(H,21,22)(H,23,25)/b11-9-. The first-order chi connectivity index (χ1) is 13.5. The van der Waals surface area contributed by atoms with Crippen LogP contribution in [0.5, 0.6) is 5.75 Å². The van der Waals surface area contributed by atoms with Crippen molar-refractivity contribution in [3.63, 3.8) is 0 Å². The Bertz CT molecular complexity index is 1130. The number of H-pyrrole nitrogens is 1. The summed E-state index contributed by atoms with van der Waals surface area (Å²) in [6.07, 6.45) is 2.83. The van der Waals surface area contributed by atoms with Gasteiger partial charge in [0.2, 0.25) is 0 Å². The molecule has 0 saturated heterocycles. The Morgan fingerprint density at radius 1 is 1.36 bits per heavy atom. The zero-order valence-corrected chi connectivity index (χ0v) is 14.6. The Balaban J connectivity index is 1.77. The van der Waals surface area contributed by atoms with E-state index in [-0.39, 0.29) is 22.7 Å². The fourth-order valence-corrected chi connectivity index (χ4v) is 2.42. The second-order valence-electron chi connectivity index (χ2n) is 5.54. The molecule has 10 heteroatoms. The van der Waals surface area contributed by atoms with Crippen LogP contribution in [0.15, 0.2) is 54.5 Å². The van der Waals surface area contributed by atoms with E-state index in [1.54, 1.807) is 24.5 Å². The highest BCUT2D eigenvalue weighted by Crippen LogP contribution is 2.29. The molecule has 2 aromatic carbocycles. The van der Waals surface area contributed by atoms with Gasteiger partial charge < -0.3 is 20.4 Å². The fraction of sp³-hybridized carbons (Fsp3) is 0.0556. The number of nitro groups is 1. The first-order valence-corrected chi connectivity index (χ1v) is 7.95. The van der Waals surface area contributed by atoms with E-state index in [4.69, 9.17) is 4.74 Å². The molecule has 0 aliphatic heterocycles. The highest BCUT2D eigenvalue weighted by molar-refractivity contribution is 6.07. The number of aromatic nitrogens is 2. The number of ether oxygens (including phenoxy) is 1. The average Bonchev–Trinajstić information content (AvgIpc) is 3.16. The van der Waals surface area contributed by atoms with E-state index in [1.165, 1.54) is 31.5 Å².